The molecule has 0 fully saturated rings. The molecule has 3 aliphatic rings. The molecule has 2 heterocycles. The average molecular weight is 721 g/mol. The fourth-order valence-corrected chi connectivity index (χ4v) is 9.31. The second kappa shape index (κ2) is 13.4. The van der Waals surface area contributed by atoms with Gasteiger partial charge in [0, 0.05) is 22.6 Å². The topological polar surface area (TPSA) is 33.1 Å². The van der Waals surface area contributed by atoms with Gasteiger partial charge in [-0.05, 0) is 88.3 Å². The van der Waals surface area contributed by atoms with Crippen molar-refractivity contribution in [1.82, 2.24) is 9.55 Å². The number of nitrogens with one attached hydrogen (secondary N) is 1. The molecular weight excluding hydrogens is 681 g/mol. The summed E-state index contributed by atoms with van der Waals surface area (Å²) in [5.41, 5.74) is 11.7. The third-order valence-corrected chi connectivity index (χ3v) is 11.8. The summed E-state index contributed by atoms with van der Waals surface area (Å²) in [6.45, 7) is 0. The van der Waals surface area contributed by atoms with Gasteiger partial charge >= 0.3 is 0 Å². The van der Waals surface area contributed by atoms with Gasteiger partial charge in [0.15, 0.2) is 0 Å². The predicted octanol–water partition coefficient (Wildman–Crippen LogP) is 13.3. The van der Waals surface area contributed by atoms with E-state index in [0.29, 0.717) is 5.92 Å². The lowest BCUT2D eigenvalue weighted by Gasteiger charge is -2.33. The van der Waals surface area contributed by atoms with Crippen LogP contribution >= 0.6 is 0 Å². The summed E-state index contributed by atoms with van der Waals surface area (Å²) in [6.07, 6.45) is 19.8. The molecule has 0 amide bonds. The number of nitrogens with zero attached hydrogens (tertiary/aromatic N) is 3. The molecule has 0 spiro atoms. The number of allylic oxidation sites excluding steroid dienone is 7. The van der Waals surface area contributed by atoms with Crippen molar-refractivity contribution < 1.29 is 0 Å². The molecule has 4 nitrogen and oxygen atoms in total. The minimum atomic E-state index is 0.0561. The van der Waals surface area contributed by atoms with E-state index >= 15 is 0 Å². The normalized spacial score (nSPS) is 18.6. The van der Waals surface area contributed by atoms with E-state index < -0.39 is 0 Å². The fourth-order valence-electron chi connectivity index (χ4n) is 9.31. The number of benzene rings is 7. The van der Waals surface area contributed by atoms with Crippen LogP contribution in [0.4, 0.5) is 17.1 Å². The van der Waals surface area contributed by atoms with E-state index in [1.165, 1.54) is 55.2 Å². The molecule has 1 N–H and O–H groups in total. The molecule has 3 atom stereocenters. The van der Waals surface area contributed by atoms with E-state index in [-0.39, 0.29) is 12.1 Å². The summed E-state index contributed by atoms with van der Waals surface area (Å²) in [6, 6.07) is 53.3. The van der Waals surface area contributed by atoms with Gasteiger partial charge in [0.1, 0.15) is 12.0 Å². The van der Waals surface area contributed by atoms with Crippen molar-refractivity contribution in [1.29, 1.82) is 0 Å². The van der Waals surface area contributed by atoms with Crippen molar-refractivity contribution in [3.05, 3.63) is 200 Å². The zero-order chi connectivity index (χ0) is 37.0. The molecule has 2 aliphatic carbocycles. The Kier molecular flexibility index (Phi) is 7.80. The second-order valence-corrected chi connectivity index (χ2v) is 15.0. The summed E-state index contributed by atoms with van der Waals surface area (Å²) in [5, 5.41) is 8.81. The third-order valence-electron chi connectivity index (χ3n) is 11.8. The number of imidazole rings is 1. The molecule has 56 heavy (non-hydrogen) atoms. The Morgan fingerprint density at radius 3 is 2.02 bits per heavy atom. The number of aromatic nitrogens is 2. The highest BCUT2D eigenvalue weighted by Crippen LogP contribution is 2.49. The Morgan fingerprint density at radius 1 is 0.536 bits per heavy atom. The molecule has 1 aromatic heterocycles. The van der Waals surface area contributed by atoms with Gasteiger partial charge in [0.25, 0.3) is 0 Å². The molecular formula is C52H40N4. The highest BCUT2D eigenvalue weighted by molar-refractivity contribution is 6.19. The third kappa shape index (κ3) is 5.25. The SMILES string of the molecule is C1=CCC(c2nc3ccccc3n2-c2cccc3c(-c4ccccc4-c4ccccc4)c4cccc(N5c6ccccc6NC5C5C=CC=CC5)c4cc23)C=C1. The first-order chi connectivity index (χ1) is 27.8. The lowest BCUT2D eigenvalue weighted by atomic mass is 9.86. The molecule has 3 unspecified atom stereocenters. The Labute approximate surface area is 327 Å². The first kappa shape index (κ1) is 32.5. The highest BCUT2D eigenvalue weighted by Gasteiger charge is 2.35. The monoisotopic (exact) mass is 720 g/mol. The smallest absolute Gasteiger partial charge is 0.121 e. The Balaban J connectivity index is 1.25. The van der Waals surface area contributed by atoms with Crippen LogP contribution in [0.5, 0.6) is 0 Å². The molecule has 0 radical (unpaired) electrons. The first-order valence-electron chi connectivity index (χ1n) is 19.7. The number of hydrogen-bond donors (Lipinski definition) is 1. The maximum atomic E-state index is 5.33. The van der Waals surface area contributed by atoms with Crippen molar-refractivity contribution in [2.45, 2.75) is 24.9 Å². The number of hydrogen-bond acceptors (Lipinski definition) is 3. The van der Waals surface area contributed by atoms with Crippen LogP contribution in [0.1, 0.15) is 24.6 Å². The summed E-state index contributed by atoms with van der Waals surface area (Å²) >= 11 is 0. The number of fused-ring (bicyclic) bond motifs is 4. The van der Waals surface area contributed by atoms with Crippen LogP contribution in [0.15, 0.2) is 194 Å². The summed E-state index contributed by atoms with van der Waals surface area (Å²) in [5.74, 6) is 1.53. The van der Waals surface area contributed by atoms with E-state index in [9.17, 15) is 0 Å². The summed E-state index contributed by atoms with van der Waals surface area (Å²) in [4.78, 5) is 7.89. The summed E-state index contributed by atoms with van der Waals surface area (Å²) in [7, 11) is 0. The Bertz CT molecular complexity index is 2930. The minimum absolute atomic E-state index is 0.0561. The average Bonchev–Trinajstić information content (AvgIpc) is 3.86. The molecule has 7 aromatic carbocycles. The van der Waals surface area contributed by atoms with Gasteiger partial charge in [-0.15, -0.1) is 0 Å². The Morgan fingerprint density at radius 2 is 1.21 bits per heavy atom. The van der Waals surface area contributed by atoms with Crippen LogP contribution in [0.25, 0.3) is 60.5 Å². The van der Waals surface area contributed by atoms with Crippen LogP contribution < -0.4 is 10.2 Å². The maximum Gasteiger partial charge on any atom is 0.121 e. The van der Waals surface area contributed by atoms with Gasteiger partial charge in [0.05, 0.1) is 33.8 Å². The van der Waals surface area contributed by atoms with Crippen LogP contribution in [0, 0.1) is 5.92 Å². The maximum absolute atomic E-state index is 5.33. The molecule has 0 saturated carbocycles. The van der Waals surface area contributed by atoms with Crippen molar-refractivity contribution >= 4 is 49.6 Å². The molecule has 0 bridgehead atoms. The van der Waals surface area contributed by atoms with Gasteiger partial charge in [-0.25, -0.2) is 4.98 Å². The van der Waals surface area contributed by atoms with E-state index in [4.69, 9.17) is 4.98 Å². The van der Waals surface area contributed by atoms with Gasteiger partial charge in [-0.2, -0.15) is 0 Å². The Hall–Kier alpha value is -6.91. The van der Waals surface area contributed by atoms with Crippen molar-refractivity contribution in [3.8, 4) is 27.9 Å². The molecule has 11 rings (SSSR count). The van der Waals surface area contributed by atoms with Crippen LogP contribution in [-0.4, -0.2) is 15.7 Å². The van der Waals surface area contributed by atoms with E-state index in [0.717, 1.165) is 41.1 Å². The van der Waals surface area contributed by atoms with Gasteiger partial charge in [-0.3, -0.25) is 4.57 Å². The lowest BCUT2D eigenvalue weighted by molar-refractivity contribution is 0.552. The van der Waals surface area contributed by atoms with Crippen LogP contribution in [0.3, 0.4) is 0 Å². The number of anilines is 3. The number of rotatable bonds is 6. The first-order valence-corrected chi connectivity index (χ1v) is 19.7. The minimum Gasteiger partial charge on any atom is -0.363 e. The van der Waals surface area contributed by atoms with Crippen LogP contribution in [-0.2, 0) is 0 Å². The number of para-hydroxylation sites is 4. The van der Waals surface area contributed by atoms with Gasteiger partial charge < -0.3 is 10.2 Å². The fraction of sp³-hybridized carbons (Fsp3) is 0.0962. The van der Waals surface area contributed by atoms with Crippen molar-refractivity contribution in [2.24, 2.45) is 5.92 Å². The lowest BCUT2D eigenvalue weighted by Crippen LogP contribution is -2.38. The van der Waals surface area contributed by atoms with Crippen molar-refractivity contribution in [3.63, 3.8) is 0 Å². The molecule has 0 saturated heterocycles. The van der Waals surface area contributed by atoms with E-state index in [1.807, 2.05) is 0 Å². The van der Waals surface area contributed by atoms with E-state index in [1.54, 1.807) is 0 Å². The van der Waals surface area contributed by atoms with Gasteiger partial charge in [0.2, 0.25) is 0 Å². The zero-order valence-corrected chi connectivity index (χ0v) is 31.0. The quantitative estimate of drug-likeness (QED) is 0.174. The molecule has 268 valence electrons. The molecule has 4 heteroatoms. The van der Waals surface area contributed by atoms with Crippen molar-refractivity contribution in [2.75, 3.05) is 10.2 Å². The zero-order valence-electron chi connectivity index (χ0n) is 31.0. The van der Waals surface area contributed by atoms with Crippen LogP contribution in [0.2, 0.25) is 0 Å². The molecule has 8 aromatic rings. The largest absolute Gasteiger partial charge is 0.363 e. The standard InChI is InChI=1S/C52H40N4/c1-4-18-35(19-5-1)38-24-10-11-25-39(38)50-40-26-16-32-46(55-48-30-14-12-28-44(48)53-51(55)36-20-6-2-7-21-36)42(40)34-43-41(50)27-17-33-47(43)56-49-31-15-13-29-45(49)54-52(56)37-22-8-3-9-23-37/h1-20,22,24-34,36-37,51,53H,21,23H2. The predicted molar refractivity (Wildman–Crippen MR) is 235 cm³/mol. The second-order valence-electron chi connectivity index (χ2n) is 15.0. The van der Waals surface area contributed by atoms with Gasteiger partial charge in [-0.1, -0.05) is 152 Å². The molecule has 1 aliphatic heterocycles. The van der Waals surface area contributed by atoms with E-state index in [2.05, 4.69) is 209 Å². The highest BCUT2D eigenvalue weighted by atomic mass is 15.3. The summed E-state index contributed by atoms with van der Waals surface area (Å²) < 4.78 is 2.43.